The van der Waals surface area contributed by atoms with Crippen LogP contribution in [0.3, 0.4) is 0 Å². The molecule has 0 aliphatic heterocycles. The lowest BCUT2D eigenvalue weighted by atomic mass is 10.4. The van der Waals surface area contributed by atoms with Crippen LogP contribution in [-0.4, -0.2) is 12.3 Å². The van der Waals surface area contributed by atoms with Crippen LogP contribution >= 0.6 is 15.9 Å². The van der Waals surface area contributed by atoms with Gasteiger partial charge in [-0.2, -0.15) is 17.9 Å². The Labute approximate surface area is 92.2 Å². The van der Waals surface area contributed by atoms with Gasteiger partial charge in [0.1, 0.15) is 10.2 Å². The third kappa shape index (κ3) is 3.26. The summed E-state index contributed by atoms with van der Waals surface area (Å²) in [5, 5.41) is 10.7. The summed E-state index contributed by atoms with van der Waals surface area (Å²) in [5.41, 5.74) is 0. The predicted octanol–water partition coefficient (Wildman–Crippen LogP) is 2.41. The van der Waals surface area contributed by atoms with Crippen molar-refractivity contribution in [2.24, 2.45) is 0 Å². The minimum absolute atomic E-state index is 0.0214. The molecule has 0 saturated carbocycles. The highest BCUT2D eigenvalue weighted by Crippen LogP contribution is 2.28. The summed E-state index contributed by atoms with van der Waals surface area (Å²) in [6.45, 7) is 0.894. The molecule has 84 valence electrons. The van der Waals surface area contributed by atoms with Gasteiger partial charge in [-0.25, -0.2) is 0 Å². The summed E-state index contributed by atoms with van der Waals surface area (Å²) >= 11 is 2.93. The van der Waals surface area contributed by atoms with Gasteiger partial charge in [-0.1, -0.05) is 0 Å². The fraction of sp³-hybridized carbons (Fsp3) is 0.375. The second kappa shape index (κ2) is 4.26. The first-order valence-electron chi connectivity index (χ1n) is 3.92. The topological polar surface area (TPSA) is 36.2 Å². The van der Waals surface area contributed by atoms with Crippen molar-refractivity contribution in [3.05, 3.63) is 28.1 Å². The maximum absolute atomic E-state index is 12.1. The van der Waals surface area contributed by atoms with E-state index in [4.69, 9.17) is 0 Å². The molecule has 0 radical (unpaired) electrons. The Balaban J connectivity index is 2.82. The molecule has 1 rings (SSSR count). The van der Waals surface area contributed by atoms with E-state index in [2.05, 4.69) is 20.7 Å². The van der Waals surface area contributed by atoms with E-state index >= 15 is 0 Å². The molecule has 0 bridgehead atoms. The summed E-state index contributed by atoms with van der Waals surface area (Å²) < 4.78 is 41.7. The number of hydrogen-bond donors (Lipinski definition) is 0. The third-order valence-electron chi connectivity index (χ3n) is 1.61. The lowest BCUT2D eigenvalue weighted by Gasteiger charge is -2.17. The van der Waals surface area contributed by atoms with E-state index in [0.29, 0.717) is 4.73 Å². The first kappa shape index (κ1) is 12.1. The Bertz CT molecular complexity index is 356. The smallest absolute Gasteiger partial charge is 0.425 e. The first-order chi connectivity index (χ1) is 6.80. The number of nitrogens with zero attached hydrogens (tertiary/aromatic N) is 1. The van der Waals surface area contributed by atoms with Crippen LogP contribution in [0, 0.1) is 5.21 Å². The standard InChI is InChI=1S/C8H7BrF3NO2/c1-5(8(10,11)12)15-7-2-3-13(14)4-6(7)9/h2-5H,1H3/t5-/m0/s1. The largest absolute Gasteiger partial charge is 0.619 e. The molecule has 0 spiro atoms. The summed E-state index contributed by atoms with van der Waals surface area (Å²) in [6, 6.07) is 1.17. The maximum atomic E-state index is 12.1. The molecule has 0 saturated heterocycles. The molecule has 1 heterocycles. The third-order valence-corrected chi connectivity index (χ3v) is 2.21. The van der Waals surface area contributed by atoms with Gasteiger partial charge < -0.3 is 9.94 Å². The van der Waals surface area contributed by atoms with Gasteiger partial charge in [0.2, 0.25) is 0 Å². The number of ether oxygens (including phenoxy) is 1. The van der Waals surface area contributed by atoms with Crippen LogP contribution in [0.1, 0.15) is 6.92 Å². The lowest BCUT2D eigenvalue weighted by Crippen LogP contribution is -2.32. The van der Waals surface area contributed by atoms with Crippen molar-refractivity contribution in [3.63, 3.8) is 0 Å². The molecule has 0 aromatic carbocycles. The Kier molecular flexibility index (Phi) is 3.43. The Morgan fingerprint density at radius 3 is 2.60 bits per heavy atom. The second-order valence-corrected chi connectivity index (χ2v) is 3.67. The Morgan fingerprint density at radius 2 is 2.13 bits per heavy atom. The van der Waals surface area contributed by atoms with Crippen LogP contribution in [0.2, 0.25) is 0 Å². The maximum Gasteiger partial charge on any atom is 0.425 e. The number of alkyl halides is 3. The summed E-state index contributed by atoms with van der Waals surface area (Å²) in [6.07, 6.45) is -4.22. The van der Waals surface area contributed by atoms with E-state index in [0.717, 1.165) is 19.3 Å². The van der Waals surface area contributed by atoms with Crippen molar-refractivity contribution in [3.8, 4) is 5.75 Å². The zero-order valence-corrected chi connectivity index (χ0v) is 9.17. The second-order valence-electron chi connectivity index (χ2n) is 2.82. The molecule has 0 amide bonds. The van der Waals surface area contributed by atoms with Crippen molar-refractivity contribution in [1.82, 2.24) is 0 Å². The Morgan fingerprint density at radius 1 is 1.53 bits per heavy atom. The van der Waals surface area contributed by atoms with Crippen LogP contribution in [-0.2, 0) is 0 Å². The van der Waals surface area contributed by atoms with Crippen molar-refractivity contribution < 1.29 is 22.6 Å². The van der Waals surface area contributed by atoms with Gasteiger partial charge in [0.15, 0.2) is 18.5 Å². The van der Waals surface area contributed by atoms with E-state index in [1.165, 1.54) is 6.07 Å². The number of hydrogen-bond acceptors (Lipinski definition) is 2. The van der Waals surface area contributed by atoms with Gasteiger partial charge in [0, 0.05) is 6.07 Å². The van der Waals surface area contributed by atoms with E-state index in [1.54, 1.807) is 0 Å². The lowest BCUT2D eigenvalue weighted by molar-refractivity contribution is -0.606. The molecule has 3 nitrogen and oxygen atoms in total. The SMILES string of the molecule is C[C@H](Oc1cc[n+]([O-])cc1Br)C(F)(F)F. The molecule has 0 N–H and O–H groups in total. The van der Waals surface area contributed by atoms with Crippen LogP contribution in [0.4, 0.5) is 13.2 Å². The normalized spacial score (nSPS) is 13.7. The van der Waals surface area contributed by atoms with Gasteiger partial charge in [-0.15, -0.1) is 0 Å². The molecule has 1 aromatic rings. The summed E-state index contributed by atoms with van der Waals surface area (Å²) in [4.78, 5) is 0. The zero-order valence-electron chi connectivity index (χ0n) is 7.58. The van der Waals surface area contributed by atoms with E-state index < -0.39 is 12.3 Å². The quantitative estimate of drug-likeness (QED) is 0.618. The van der Waals surface area contributed by atoms with Crippen LogP contribution in [0.15, 0.2) is 22.9 Å². The van der Waals surface area contributed by atoms with Crippen molar-refractivity contribution in [1.29, 1.82) is 0 Å². The fourth-order valence-corrected chi connectivity index (χ4v) is 1.22. The molecule has 0 fully saturated rings. The van der Waals surface area contributed by atoms with Crippen LogP contribution in [0.5, 0.6) is 5.75 Å². The monoisotopic (exact) mass is 285 g/mol. The average Bonchev–Trinajstić information content (AvgIpc) is 2.08. The van der Waals surface area contributed by atoms with Gasteiger partial charge in [-0.3, -0.25) is 0 Å². The molecule has 1 atom stereocenters. The molecule has 0 aliphatic rings. The van der Waals surface area contributed by atoms with E-state index in [9.17, 15) is 18.4 Å². The number of aromatic nitrogens is 1. The highest BCUT2D eigenvalue weighted by atomic mass is 79.9. The number of rotatable bonds is 2. The predicted molar refractivity (Wildman–Crippen MR) is 49.2 cm³/mol. The molecule has 1 aromatic heterocycles. The molecule has 15 heavy (non-hydrogen) atoms. The molecular weight excluding hydrogens is 279 g/mol. The van der Waals surface area contributed by atoms with Gasteiger partial charge in [-0.05, 0) is 22.9 Å². The van der Waals surface area contributed by atoms with E-state index in [-0.39, 0.29) is 10.2 Å². The molecule has 7 heteroatoms. The van der Waals surface area contributed by atoms with E-state index in [1.807, 2.05) is 0 Å². The van der Waals surface area contributed by atoms with Crippen LogP contribution in [0.25, 0.3) is 0 Å². The average molecular weight is 286 g/mol. The van der Waals surface area contributed by atoms with Crippen molar-refractivity contribution >= 4 is 15.9 Å². The number of pyridine rings is 1. The molecule has 0 aliphatic carbocycles. The minimum Gasteiger partial charge on any atom is -0.619 e. The highest BCUT2D eigenvalue weighted by Gasteiger charge is 2.38. The number of halogens is 4. The van der Waals surface area contributed by atoms with Gasteiger partial charge in [0.25, 0.3) is 0 Å². The van der Waals surface area contributed by atoms with Crippen molar-refractivity contribution in [2.45, 2.75) is 19.2 Å². The fourth-order valence-electron chi connectivity index (χ4n) is 0.792. The van der Waals surface area contributed by atoms with Crippen LogP contribution < -0.4 is 9.47 Å². The van der Waals surface area contributed by atoms with Gasteiger partial charge in [0.05, 0.1) is 0 Å². The van der Waals surface area contributed by atoms with Gasteiger partial charge >= 0.3 is 6.18 Å². The summed E-state index contributed by atoms with van der Waals surface area (Å²) in [7, 11) is 0. The summed E-state index contributed by atoms with van der Waals surface area (Å²) in [5.74, 6) is -0.0214. The minimum atomic E-state index is -4.43. The highest BCUT2D eigenvalue weighted by molar-refractivity contribution is 9.10. The molecule has 0 unspecified atom stereocenters. The molecular formula is C8H7BrF3NO2. The first-order valence-corrected chi connectivity index (χ1v) is 4.71. The zero-order chi connectivity index (χ0) is 11.6. The van der Waals surface area contributed by atoms with Crippen molar-refractivity contribution in [2.75, 3.05) is 0 Å². The Hall–Kier alpha value is -0.980.